The van der Waals surface area contributed by atoms with Gasteiger partial charge >= 0.3 is 0 Å². The van der Waals surface area contributed by atoms with Crippen LogP contribution in [0.4, 0.5) is 0 Å². The zero-order valence-electron chi connectivity index (χ0n) is 17.3. The van der Waals surface area contributed by atoms with Crippen molar-refractivity contribution in [3.63, 3.8) is 0 Å². The molecule has 0 aromatic heterocycles. The maximum absolute atomic E-state index is 13.1. The number of aliphatic hydroxyl groups is 1. The van der Waals surface area contributed by atoms with Crippen LogP contribution < -0.4 is 11.1 Å². The number of benzene rings is 1. The van der Waals surface area contributed by atoms with Gasteiger partial charge in [0.2, 0.25) is 11.8 Å². The summed E-state index contributed by atoms with van der Waals surface area (Å²) in [5.41, 5.74) is 4.77. The van der Waals surface area contributed by atoms with Gasteiger partial charge in [0.25, 0.3) is 0 Å². The molecule has 7 heteroatoms. The lowest BCUT2D eigenvalue weighted by molar-refractivity contribution is -0.156. The smallest absolute Gasteiger partial charge is 0.245 e. The van der Waals surface area contributed by atoms with Crippen LogP contribution in [-0.2, 0) is 15.2 Å². The number of hydrogen-bond donors (Lipinski definition) is 3. The molecule has 1 aromatic rings. The second-order valence-electron chi connectivity index (χ2n) is 8.78. The largest absolute Gasteiger partial charge is 0.384 e. The molecule has 0 saturated carbocycles. The predicted octanol–water partition coefficient (Wildman–Crippen LogP) is 2.27. The summed E-state index contributed by atoms with van der Waals surface area (Å²) < 4.78 is 0. The topological polar surface area (TPSA) is 95.7 Å². The minimum Gasteiger partial charge on any atom is -0.384 e. The molecule has 1 aromatic carbocycles. The Labute approximate surface area is 172 Å². The third kappa shape index (κ3) is 4.50. The lowest BCUT2D eigenvalue weighted by atomic mass is 9.66. The third-order valence-corrected chi connectivity index (χ3v) is 5.98. The molecule has 3 unspecified atom stereocenters. The average molecular weight is 410 g/mol. The van der Waals surface area contributed by atoms with Crippen molar-refractivity contribution in [1.29, 1.82) is 0 Å². The molecule has 156 valence electrons. The molecule has 1 aliphatic rings. The third-order valence-electron chi connectivity index (χ3n) is 5.73. The van der Waals surface area contributed by atoms with Crippen molar-refractivity contribution >= 4 is 23.4 Å². The zero-order valence-corrected chi connectivity index (χ0v) is 18.1. The number of likely N-dealkylation sites (tertiary alicyclic amines) is 1. The Hall–Kier alpha value is -1.63. The van der Waals surface area contributed by atoms with Crippen LogP contribution in [-0.4, -0.2) is 47.0 Å². The number of carbonyl (C=O) groups is 2. The molecule has 1 saturated heterocycles. The Bertz CT molecular complexity index is 718. The zero-order chi connectivity index (χ0) is 21.3. The summed E-state index contributed by atoms with van der Waals surface area (Å²) in [5.74, 6) is -0.563. The molecule has 6 nitrogen and oxygen atoms in total. The van der Waals surface area contributed by atoms with Crippen molar-refractivity contribution in [3.8, 4) is 0 Å². The number of nitrogens with zero attached hydrogens (tertiary/aromatic N) is 1. The van der Waals surface area contributed by atoms with Gasteiger partial charge in [0.05, 0.1) is 11.6 Å². The van der Waals surface area contributed by atoms with Crippen molar-refractivity contribution < 1.29 is 14.7 Å². The van der Waals surface area contributed by atoms with Gasteiger partial charge in [0, 0.05) is 23.5 Å². The van der Waals surface area contributed by atoms with Crippen LogP contribution in [0.1, 0.15) is 46.6 Å². The van der Waals surface area contributed by atoms with Gasteiger partial charge in [-0.15, -0.1) is 0 Å². The quantitative estimate of drug-likeness (QED) is 0.695. The predicted molar refractivity (Wildman–Crippen MR) is 111 cm³/mol. The van der Waals surface area contributed by atoms with E-state index in [0.29, 0.717) is 24.5 Å². The van der Waals surface area contributed by atoms with E-state index in [1.165, 1.54) is 0 Å². The number of amides is 2. The van der Waals surface area contributed by atoms with Crippen LogP contribution in [0.15, 0.2) is 24.3 Å². The maximum atomic E-state index is 13.1. The maximum Gasteiger partial charge on any atom is 0.245 e. The lowest BCUT2D eigenvalue weighted by Crippen LogP contribution is -2.61. The Balaban J connectivity index is 2.21. The summed E-state index contributed by atoms with van der Waals surface area (Å²) in [4.78, 5) is 26.9. The average Bonchev–Trinajstić information content (AvgIpc) is 2.61. The van der Waals surface area contributed by atoms with E-state index in [2.05, 4.69) is 5.32 Å². The van der Waals surface area contributed by atoms with Gasteiger partial charge in [-0.05, 0) is 37.0 Å². The molecule has 1 heterocycles. The van der Waals surface area contributed by atoms with E-state index in [4.69, 9.17) is 17.3 Å². The van der Waals surface area contributed by atoms with Crippen LogP contribution in [0, 0.1) is 11.3 Å². The second-order valence-corrected chi connectivity index (χ2v) is 9.22. The normalized spacial score (nSPS) is 24.0. The van der Waals surface area contributed by atoms with Gasteiger partial charge in [-0.25, -0.2) is 0 Å². The Morgan fingerprint density at radius 2 is 1.79 bits per heavy atom. The molecule has 0 radical (unpaired) electrons. The Morgan fingerprint density at radius 1 is 1.21 bits per heavy atom. The number of piperidine rings is 1. The molecule has 1 fully saturated rings. The number of nitrogens with one attached hydrogen (secondary N) is 1. The van der Waals surface area contributed by atoms with E-state index in [0.717, 1.165) is 5.56 Å². The standard InChI is InChI=1S/C21H32ClN3O3/c1-13(2)17(24-18(26)14(3)23)19(27)25-11-10-21(28,20(4,5)12-25)15-6-8-16(22)9-7-15/h6-9,13-14,17,28H,10-12,23H2,1-5H3,(H,24,26). The SMILES string of the molecule is CC(N)C(=O)NC(C(=O)N1CCC(O)(c2ccc(Cl)cc2)C(C)(C)C1)C(C)C. The van der Waals surface area contributed by atoms with Crippen LogP contribution in [0.3, 0.4) is 0 Å². The first-order valence-electron chi connectivity index (χ1n) is 9.72. The van der Waals surface area contributed by atoms with Crippen molar-refractivity contribution in [2.45, 2.75) is 58.7 Å². The van der Waals surface area contributed by atoms with Gasteiger partial charge in [0.15, 0.2) is 0 Å². The molecular weight excluding hydrogens is 378 g/mol. The molecule has 0 bridgehead atoms. The molecule has 3 atom stereocenters. The van der Waals surface area contributed by atoms with Gasteiger partial charge < -0.3 is 21.1 Å². The van der Waals surface area contributed by atoms with Gasteiger partial charge in [-0.3, -0.25) is 9.59 Å². The van der Waals surface area contributed by atoms with E-state index >= 15 is 0 Å². The summed E-state index contributed by atoms with van der Waals surface area (Å²) in [5, 5.41) is 14.8. The van der Waals surface area contributed by atoms with E-state index in [1.54, 1.807) is 24.0 Å². The van der Waals surface area contributed by atoms with Crippen molar-refractivity contribution in [3.05, 3.63) is 34.9 Å². The first kappa shape index (κ1) is 22.7. The van der Waals surface area contributed by atoms with Gasteiger partial charge in [-0.2, -0.15) is 0 Å². The number of nitrogens with two attached hydrogens (primary N) is 1. The van der Waals surface area contributed by atoms with Crippen molar-refractivity contribution in [1.82, 2.24) is 10.2 Å². The molecule has 0 spiro atoms. The fourth-order valence-corrected chi connectivity index (χ4v) is 3.89. The fraction of sp³-hybridized carbons (Fsp3) is 0.619. The summed E-state index contributed by atoms with van der Waals surface area (Å²) >= 11 is 5.98. The molecule has 2 rings (SSSR count). The van der Waals surface area contributed by atoms with Crippen molar-refractivity contribution in [2.75, 3.05) is 13.1 Å². The van der Waals surface area contributed by atoms with Crippen LogP contribution in [0.5, 0.6) is 0 Å². The monoisotopic (exact) mass is 409 g/mol. The van der Waals surface area contributed by atoms with E-state index in [-0.39, 0.29) is 17.7 Å². The number of halogens is 1. The number of carbonyl (C=O) groups excluding carboxylic acids is 2. The summed E-state index contributed by atoms with van der Waals surface area (Å²) in [6.45, 7) is 10.1. The minimum absolute atomic E-state index is 0.0737. The van der Waals surface area contributed by atoms with Crippen LogP contribution in [0.2, 0.25) is 5.02 Å². The minimum atomic E-state index is -1.07. The Kier molecular flexibility index (Phi) is 6.79. The van der Waals surface area contributed by atoms with Crippen molar-refractivity contribution in [2.24, 2.45) is 17.1 Å². The van der Waals surface area contributed by atoms with Crippen LogP contribution >= 0.6 is 11.6 Å². The van der Waals surface area contributed by atoms with Gasteiger partial charge in [0.1, 0.15) is 6.04 Å². The molecular formula is C21H32ClN3O3. The first-order valence-corrected chi connectivity index (χ1v) is 10.1. The fourth-order valence-electron chi connectivity index (χ4n) is 3.77. The lowest BCUT2D eigenvalue weighted by Gasteiger charge is -2.51. The highest BCUT2D eigenvalue weighted by atomic mass is 35.5. The highest BCUT2D eigenvalue weighted by Gasteiger charge is 2.50. The summed E-state index contributed by atoms with van der Waals surface area (Å²) in [6, 6.07) is 5.88. The highest BCUT2D eigenvalue weighted by molar-refractivity contribution is 6.30. The van der Waals surface area contributed by atoms with Gasteiger partial charge in [-0.1, -0.05) is 51.4 Å². The molecule has 28 heavy (non-hydrogen) atoms. The summed E-state index contributed by atoms with van der Waals surface area (Å²) in [6.07, 6.45) is 0.402. The highest BCUT2D eigenvalue weighted by Crippen LogP contribution is 2.46. The van der Waals surface area contributed by atoms with Crippen LogP contribution in [0.25, 0.3) is 0 Å². The molecule has 1 aliphatic heterocycles. The van der Waals surface area contributed by atoms with E-state index < -0.39 is 23.1 Å². The number of rotatable bonds is 5. The Morgan fingerprint density at radius 3 is 2.25 bits per heavy atom. The molecule has 4 N–H and O–H groups in total. The van der Waals surface area contributed by atoms with E-state index in [1.807, 2.05) is 39.8 Å². The first-order chi connectivity index (χ1) is 12.9. The summed E-state index contributed by atoms with van der Waals surface area (Å²) in [7, 11) is 0. The number of hydrogen-bond acceptors (Lipinski definition) is 4. The van der Waals surface area contributed by atoms with E-state index in [9.17, 15) is 14.7 Å². The second kappa shape index (κ2) is 8.39. The molecule has 2 amide bonds. The molecule has 0 aliphatic carbocycles.